The highest BCUT2D eigenvalue weighted by molar-refractivity contribution is 7.92. The van der Waals surface area contributed by atoms with Crippen LogP contribution in [0.3, 0.4) is 0 Å². The van der Waals surface area contributed by atoms with Crippen molar-refractivity contribution in [3.8, 4) is 5.75 Å². The second-order valence-electron chi connectivity index (χ2n) is 5.43. The molecule has 1 aromatic carbocycles. The summed E-state index contributed by atoms with van der Waals surface area (Å²) in [7, 11) is -1.89. The van der Waals surface area contributed by atoms with Crippen molar-refractivity contribution < 1.29 is 17.9 Å². The van der Waals surface area contributed by atoms with Gasteiger partial charge in [-0.1, -0.05) is 6.07 Å². The third kappa shape index (κ3) is 3.37. The lowest BCUT2D eigenvalue weighted by atomic mass is 10.2. The maximum absolute atomic E-state index is 12.5. The standard InChI is InChI=1S/C17H17NO4S2/c1-22-13-4-7-15(8-5-13)24(20,21)16-11-18(12-16)17(19)9-6-14-3-2-10-23-14/h2-10,16H,11-12H2,1H3. The minimum absolute atomic E-state index is 0.162. The molecule has 2 heterocycles. The number of carbonyl (C=O) groups is 1. The van der Waals surface area contributed by atoms with Gasteiger partial charge in [-0.2, -0.15) is 0 Å². The summed E-state index contributed by atoms with van der Waals surface area (Å²) in [6.45, 7) is 0.448. The van der Waals surface area contributed by atoms with Crippen LogP contribution >= 0.6 is 11.3 Å². The Hall–Kier alpha value is -2.12. The average molecular weight is 363 g/mol. The van der Waals surface area contributed by atoms with Gasteiger partial charge in [0.2, 0.25) is 5.91 Å². The van der Waals surface area contributed by atoms with Gasteiger partial charge in [-0.25, -0.2) is 8.42 Å². The molecular weight excluding hydrogens is 346 g/mol. The fourth-order valence-electron chi connectivity index (χ4n) is 2.42. The largest absolute Gasteiger partial charge is 0.497 e. The Bertz CT molecular complexity index is 833. The van der Waals surface area contributed by atoms with Crippen LogP contribution in [0.1, 0.15) is 4.88 Å². The van der Waals surface area contributed by atoms with Gasteiger partial charge in [0.1, 0.15) is 11.0 Å². The van der Waals surface area contributed by atoms with E-state index >= 15 is 0 Å². The molecule has 2 aromatic rings. The van der Waals surface area contributed by atoms with Crippen LogP contribution in [0.15, 0.2) is 52.7 Å². The van der Waals surface area contributed by atoms with E-state index in [0.717, 1.165) is 4.88 Å². The van der Waals surface area contributed by atoms with Gasteiger partial charge in [0, 0.05) is 24.0 Å². The van der Waals surface area contributed by atoms with Gasteiger partial charge in [-0.05, 0) is 41.8 Å². The Morgan fingerprint density at radius 2 is 1.96 bits per heavy atom. The van der Waals surface area contributed by atoms with Crippen molar-refractivity contribution in [2.24, 2.45) is 0 Å². The van der Waals surface area contributed by atoms with E-state index in [0.29, 0.717) is 5.75 Å². The quantitative estimate of drug-likeness (QED) is 0.766. The first-order valence-corrected chi connectivity index (χ1v) is 9.82. The highest BCUT2D eigenvalue weighted by atomic mass is 32.2. The van der Waals surface area contributed by atoms with Crippen LogP contribution in [0.2, 0.25) is 0 Å². The Morgan fingerprint density at radius 3 is 2.54 bits per heavy atom. The molecule has 3 rings (SSSR count). The lowest BCUT2D eigenvalue weighted by molar-refractivity contribution is -0.128. The molecule has 0 spiro atoms. The summed E-state index contributed by atoms with van der Waals surface area (Å²) in [6.07, 6.45) is 3.24. The van der Waals surface area contributed by atoms with Crippen molar-refractivity contribution >= 4 is 33.2 Å². The van der Waals surface area contributed by atoms with Gasteiger partial charge in [0.05, 0.1) is 12.0 Å². The van der Waals surface area contributed by atoms with Crippen LogP contribution < -0.4 is 4.74 Å². The van der Waals surface area contributed by atoms with E-state index in [1.54, 1.807) is 29.5 Å². The molecule has 1 fully saturated rings. The van der Waals surface area contributed by atoms with E-state index < -0.39 is 15.1 Å². The Balaban J connectivity index is 1.61. The molecule has 126 valence electrons. The first kappa shape index (κ1) is 16.7. The Labute approximate surface area is 145 Å². The number of likely N-dealkylation sites (tertiary alicyclic amines) is 1. The molecular formula is C17H17NO4S2. The first-order valence-electron chi connectivity index (χ1n) is 7.39. The number of nitrogens with zero attached hydrogens (tertiary/aromatic N) is 1. The van der Waals surface area contributed by atoms with Crippen LogP contribution in [0.25, 0.3) is 6.08 Å². The summed E-state index contributed by atoms with van der Waals surface area (Å²) < 4.78 is 30.1. The number of rotatable bonds is 5. The van der Waals surface area contributed by atoms with Crippen LogP contribution in [0.5, 0.6) is 5.75 Å². The average Bonchev–Trinajstić information content (AvgIpc) is 3.04. The number of methoxy groups -OCH3 is 1. The zero-order chi connectivity index (χ0) is 17.2. The molecule has 0 atom stereocenters. The molecule has 1 aliphatic rings. The number of carbonyl (C=O) groups excluding carboxylic acids is 1. The number of ether oxygens (including phenoxy) is 1. The minimum atomic E-state index is -3.42. The van der Waals surface area contributed by atoms with Crippen LogP contribution in [0, 0.1) is 0 Å². The van der Waals surface area contributed by atoms with Crippen molar-refractivity contribution in [1.29, 1.82) is 0 Å². The highest BCUT2D eigenvalue weighted by Crippen LogP contribution is 2.25. The fraction of sp³-hybridized carbons (Fsp3) is 0.235. The van der Waals surface area contributed by atoms with Gasteiger partial charge in [-0.15, -0.1) is 11.3 Å². The molecule has 0 bridgehead atoms. The van der Waals surface area contributed by atoms with Crippen molar-refractivity contribution in [3.63, 3.8) is 0 Å². The second-order valence-corrected chi connectivity index (χ2v) is 8.64. The predicted octanol–water partition coefficient (Wildman–Crippen LogP) is 2.45. The van der Waals surface area contributed by atoms with Gasteiger partial charge >= 0.3 is 0 Å². The number of thiophene rings is 1. The predicted molar refractivity (Wildman–Crippen MR) is 93.9 cm³/mol. The van der Waals surface area contributed by atoms with Crippen molar-refractivity contribution in [2.45, 2.75) is 10.1 Å². The van der Waals surface area contributed by atoms with E-state index in [1.165, 1.54) is 30.2 Å². The molecule has 0 N–H and O–H groups in total. The van der Waals surface area contributed by atoms with Gasteiger partial charge in [-0.3, -0.25) is 4.79 Å². The molecule has 0 saturated carbocycles. The smallest absolute Gasteiger partial charge is 0.246 e. The number of hydrogen-bond donors (Lipinski definition) is 0. The van der Waals surface area contributed by atoms with Crippen LogP contribution in [-0.4, -0.2) is 44.7 Å². The van der Waals surface area contributed by atoms with Gasteiger partial charge in [0.25, 0.3) is 0 Å². The lowest BCUT2D eigenvalue weighted by Crippen LogP contribution is -2.56. The second kappa shape index (κ2) is 6.78. The molecule has 24 heavy (non-hydrogen) atoms. The van der Waals surface area contributed by atoms with E-state index in [2.05, 4.69) is 0 Å². The van der Waals surface area contributed by atoms with E-state index in [-0.39, 0.29) is 23.9 Å². The summed E-state index contributed by atoms with van der Waals surface area (Å²) in [5, 5.41) is 1.38. The SMILES string of the molecule is COc1ccc(S(=O)(=O)C2CN(C(=O)C=Cc3cccs3)C2)cc1. The maximum Gasteiger partial charge on any atom is 0.246 e. The number of amides is 1. The summed E-state index contributed by atoms with van der Waals surface area (Å²) in [4.78, 5) is 14.8. The molecule has 1 aromatic heterocycles. The van der Waals surface area contributed by atoms with Crippen LogP contribution in [0.4, 0.5) is 0 Å². The zero-order valence-corrected chi connectivity index (χ0v) is 14.7. The zero-order valence-electron chi connectivity index (χ0n) is 13.1. The first-order chi connectivity index (χ1) is 11.5. The third-order valence-electron chi connectivity index (χ3n) is 3.92. The lowest BCUT2D eigenvalue weighted by Gasteiger charge is -2.38. The van der Waals surface area contributed by atoms with Crippen molar-refractivity contribution in [2.75, 3.05) is 20.2 Å². The summed E-state index contributed by atoms with van der Waals surface area (Å²) in [5.74, 6) is 0.447. The number of sulfone groups is 1. The number of hydrogen-bond acceptors (Lipinski definition) is 5. The molecule has 1 saturated heterocycles. The van der Waals surface area contributed by atoms with Crippen molar-refractivity contribution in [3.05, 3.63) is 52.7 Å². The number of benzene rings is 1. The molecule has 1 aliphatic heterocycles. The fourth-order valence-corrected chi connectivity index (χ4v) is 4.69. The molecule has 0 unspecified atom stereocenters. The molecule has 1 amide bonds. The Morgan fingerprint density at radius 1 is 1.25 bits per heavy atom. The van der Waals surface area contributed by atoms with E-state index in [9.17, 15) is 13.2 Å². The highest BCUT2D eigenvalue weighted by Gasteiger charge is 2.39. The Kier molecular flexibility index (Phi) is 4.73. The summed E-state index contributed by atoms with van der Waals surface area (Å²) in [6, 6.07) is 10.2. The minimum Gasteiger partial charge on any atom is -0.497 e. The van der Waals surface area contributed by atoms with Gasteiger partial charge < -0.3 is 9.64 Å². The van der Waals surface area contributed by atoms with E-state index in [1.807, 2.05) is 17.5 Å². The van der Waals surface area contributed by atoms with E-state index in [4.69, 9.17) is 4.74 Å². The topological polar surface area (TPSA) is 63.7 Å². The molecule has 0 radical (unpaired) electrons. The molecule has 7 heteroatoms. The monoisotopic (exact) mass is 363 g/mol. The summed E-state index contributed by atoms with van der Waals surface area (Å²) in [5.41, 5.74) is 0. The van der Waals surface area contributed by atoms with Gasteiger partial charge in [0.15, 0.2) is 9.84 Å². The normalized spacial score (nSPS) is 15.5. The molecule has 0 aliphatic carbocycles. The van der Waals surface area contributed by atoms with Crippen molar-refractivity contribution in [1.82, 2.24) is 4.90 Å². The summed E-state index contributed by atoms with van der Waals surface area (Å²) >= 11 is 1.54. The third-order valence-corrected chi connectivity index (χ3v) is 6.86. The van der Waals surface area contributed by atoms with Crippen LogP contribution in [-0.2, 0) is 14.6 Å². The molecule has 5 nitrogen and oxygen atoms in total. The maximum atomic E-state index is 12.5.